The zero-order valence-electron chi connectivity index (χ0n) is 16.3. The third-order valence-corrected chi connectivity index (χ3v) is 4.87. The van der Waals surface area contributed by atoms with Crippen molar-refractivity contribution in [2.45, 2.75) is 12.3 Å². The molecule has 1 amide bonds. The van der Waals surface area contributed by atoms with Gasteiger partial charge in [-0.1, -0.05) is 42.5 Å². The van der Waals surface area contributed by atoms with Gasteiger partial charge in [0.25, 0.3) is 0 Å². The van der Waals surface area contributed by atoms with Crippen LogP contribution >= 0.6 is 0 Å². The fourth-order valence-corrected chi connectivity index (χ4v) is 3.53. The third-order valence-electron chi connectivity index (χ3n) is 4.87. The van der Waals surface area contributed by atoms with E-state index in [9.17, 15) is 4.79 Å². The van der Waals surface area contributed by atoms with Crippen molar-refractivity contribution in [3.05, 3.63) is 108 Å². The number of nitrogens with one attached hydrogen (secondary N) is 1. The summed E-state index contributed by atoms with van der Waals surface area (Å²) in [6.45, 7) is 0. The first kappa shape index (κ1) is 19.3. The van der Waals surface area contributed by atoms with Crippen molar-refractivity contribution >= 4 is 11.5 Å². The van der Waals surface area contributed by atoms with Gasteiger partial charge in [0.05, 0.1) is 11.9 Å². The van der Waals surface area contributed by atoms with Crippen LogP contribution in [0, 0.1) is 0 Å². The number of allylic oxidation sites excluding steroid dienone is 1. The molecule has 1 atom stereocenters. The summed E-state index contributed by atoms with van der Waals surface area (Å²) in [6.07, 6.45) is 7.27. The Morgan fingerprint density at radius 1 is 0.967 bits per heavy atom. The molecule has 0 aliphatic carbocycles. The number of aromatic nitrogens is 4. The molecule has 1 unspecified atom stereocenters. The van der Waals surface area contributed by atoms with Gasteiger partial charge in [-0.05, 0) is 29.8 Å². The number of nitrogens with zero attached hydrogens (tertiary/aromatic N) is 3. The number of carbonyl (C=O) groups is 1. The predicted molar refractivity (Wildman–Crippen MR) is 116 cm³/mol. The zero-order valence-corrected chi connectivity index (χ0v) is 16.3. The van der Waals surface area contributed by atoms with E-state index in [2.05, 4.69) is 20.2 Å². The number of hydrogen-bond acceptors (Lipinski definition) is 4. The van der Waals surface area contributed by atoms with E-state index in [1.54, 1.807) is 18.6 Å². The van der Waals surface area contributed by atoms with Gasteiger partial charge in [-0.2, -0.15) is 5.10 Å². The molecule has 148 valence electrons. The number of pyridine rings is 2. The Labute approximate surface area is 174 Å². The summed E-state index contributed by atoms with van der Waals surface area (Å²) in [4.78, 5) is 21.1. The number of hydrogen-bond donors (Lipinski definition) is 2. The second-order valence-corrected chi connectivity index (χ2v) is 6.86. The Balaban J connectivity index is 1.86. The van der Waals surface area contributed by atoms with Gasteiger partial charge < -0.3 is 5.73 Å². The van der Waals surface area contributed by atoms with Crippen LogP contribution in [0.5, 0.6) is 0 Å². The molecule has 1 aromatic carbocycles. The molecule has 4 aromatic rings. The molecule has 30 heavy (non-hydrogen) atoms. The van der Waals surface area contributed by atoms with E-state index in [1.807, 2.05) is 66.7 Å². The van der Waals surface area contributed by atoms with Crippen LogP contribution in [-0.4, -0.2) is 26.1 Å². The first-order valence-electron chi connectivity index (χ1n) is 9.63. The highest BCUT2D eigenvalue weighted by atomic mass is 16.1. The molecule has 0 saturated heterocycles. The van der Waals surface area contributed by atoms with Crippen LogP contribution in [0.25, 0.3) is 16.8 Å². The summed E-state index contributed by atoms with van der Waals surface area (Å²) < 4.78 is 0. The molecule has 0 fully saturated rings. The van der Waals surface area contributed by atoms with Crippen molar-refractivity contribution in [1.29, 1.82) is 0 Å². The van der Waals surface area contributed by atoms with Gasteiger partial charge in [0, 0.05) is 53.3 Å². The highest BCUT2D eigenvalue weighted by Crippen LogP contribution is 2.37. The van der Waals surface area contributed by atoms with Gasteiger partial charge in [-0.3, -0.25) is 19.9 Å². The van der Waals surface area contributed by atoms with Gasteiger partial charge in [0.1, 0.15) is 0 Å². The van der Waals surface area contributed by atoms with Crippen molar-refractivity contribution in [1.82, 2.24) is 20.2 Å². The number of primary amides is 1. The van der Waals surface area contributed by atoms with Crippen LogP contribution in [0.3, 0.4) is 0 Å². The van der Waals surface area contributed by atoms with Crippen LogP contribution in [0.1, 0.15) is 22.9 Å². The maximum atomic E-state index is 12.0. The molecule has 3 heterocycles. The number of amides is 1. The van der Waals surface area contributed by atoms with Crippen molar-refractivity contribution in [3.63, 3.8) is 0 Å². The number of aromatic amines is 1. The SMILES string of the molecule is NC(=O)C=C(c1cn[nH]c1-c1ccccc1)C(Cc1ccccn1)c1ccccn1. The van der Waals surface area contributed by atoms with Crippen LogP contribution in [0.2, 0.25) is 0 Å². The topological polar surface area (TPSA) is 97.6 Å². The number of carbonyl (C=O) groups excluding carboxylic acids is 1. The number of benzene rings is 1. The molecule has 3 N–H and O–H groups in total. The molecule has 0 aliphatic heterocycles. The monoisotopic (exact) mass is 395 g/mol. The number of nitrogens with two attached hydrogens (primary N) is 1. The molecule has 6 nitrogen and oxygen atoms in total. The summed E-state index contributed by atoms with van der Waals surface area (Å²) in [5.41, 5.74) is 10.7. The van der Waals surface area contributed by atoms with Gasteiger partial charge in [0.15, 0.2) is 0 Å². The fourth-order valence-electron chi connectivity index (χ4n) is 3.53. The maximum Gasteiger partial charge on any atom is 0.241 e. The summed E-state index contributed by atoms with van der Waals surface area (Å²) in [5, 5.41) is 7.32. The first-order valence-corrected chi connectivity index (χ1v) is 9.63. The van der Waals surface area contributed by atoms with Crippen molar-refractivity contribution in [2.24, 2.45) is 5.73 Å². The van der Waals surface area contributed by atoms with Crippen LogP contribution in [0.15, 0.2) is 91.4 Å². The second kappa shape index (κ2) is 8.96. The maximum absolute atomic E-state index is 12.0. The number of rotatable bonds is 7. The minimum Gasteiger partial charge on any atom is -0.366 e. The molecule has 0 aliphatic rings. The molecule has 0 bridgehead atoms. The van der Waals surface area contributed by atoms with E-state index < -0.39 is 5.91 Å². The molecule has 0 spiro atoms. The molecular weight excluding hydrogens is 374 g/mol. The van der Waals surface area contributed by atoms with E-state index in [0.717, 1.165) is 33.8 Å². The third kappa shape index (κ3) is 4.33. The van der Waals surface area contributed by atoms with Gasteiger partial charge in [-0.25, -0.2) is 0 Å². The molecule has 4 rings (SSSR count). The lowest BCUT2D eigenvalue weighted by Crippen LogP contribution is -2.13. The Morgan fingerprint density at radius 3 is 2.37 bits per heavy atom. The molecule has 0 radical (unpaired) electrons. The van der Waals surface area contributed by atoms with E-state index in [4.69, 9.17) is 5.73 Å². The summed E-state index contributed by atoms with van der Waals surface area (Å²) in [5.74, 6) is -0.749. The molecule has 6 heteroatoms. The average molecular weight is 395 g/mol. The van der Waals surface area contributed by atoms with Gasteiger partial charge in [-0.15, -0.1) is 0 Å². The Morgan fingerprint density at radius 2 is 1.70 bits per heavy atom. The van der Waals surface area contributed by atoms with Crippen molar-refractivity contribution in [2.75, 3.05) is 0 Å². The van der Waals surface area contributed by atoms with Crippen LogP contribution in [-0.2, 0) is 11.2 Å². The molecular formula is C24H21N5O. The lowest BCUT2D eigenvalue weighted by Gasteiger charge is -2.20. The summed E-state index contributed by atoms with van der Waals surface area (Å²) >= 11 is 0. The first-order chi connectivity index (χ1) is 14.7. The predicted octanol–water partition coefficient (Wildman–Crippen LogP) is 3.76. The fraction of sp³-hybridized carbons (Fsp3) is 0.0833. The average Bonchev–Trinajstić information content (AvgIpc) is 3.28. The largest absolute Gasteiger partial charge is 0.366 e. The Hall–Kier alpha value is -4.06. The van der Waals surface area contributed by atoms with Crippen LogP contribution < -0.4 is 5.73 Å². The van der Waals surface area contributed by atoms with Crippen LogP contribution in [0.4, 0.5) is 0 Å². The smallest absolute Gasteiger partial charge is 0.241 e. The Kier molecular flexibility index (Phi) is 5.75. The van der Waals surface area contributed by atoms with E-state index in [1.165, 1.54) is 6.08 Å². The Bertz CT molecular complexity index is 1140. The standard InChI is InChI=1S/C24H21N5O/c25-23(30)15-19(21-16-28-29-24(21)17-8-2-1-3-9-17)20(22-11-5-7-13-27-22)14-18-10-4-6-12-26-18/h1-13,15-16,20H,14H2,(H2,25,30)(H,28,29). The highest BCUT2D eigenvalue weighted by Gasteiger charge is 2.25. The van der Waals surface area contributed by atoms with Crippen molar-refractivity contribution < 1.29 is 4.79 Å². The normalized spacial score (nSPS) is 12.5. The van der Waals surface area contributed by atoms with E-state index >= 15 is 0 Å². The quantitative estimate of drug-likeness (QED) is 0.466. The minimum atomic E-state index is -0.521. The molecule has 3 aromatic heterocycles. The lowest BCUT2D eigenvalue weighted by molar-refractivity contribution is -0.113. The molecule has 0 saturated carbocycles. The van der Waals surface area contributed by atoms with E-state index in [-0.39, 0.29) is 5.92 Å². The van der Waals surface area contributed by atoms with Gasteiger partial charge >= 0.3 is 0 Å². The lowest BCUT2D eigenvalue weighted by atomic mass is 9.84. The number of H-pyrrole nitrogens is 1. The van der Waals surface area contributed by atoms with Gasteiger partial charge in [0.2, 0.25) is 5.91 Å². The second-order valence-electron chi connectivity index (χ2n) is 6.86. The zero-order chi connectivity index (χ0) is 20.8. The minimum absolute atomic E-state index is 0.228. The van der Waals surface area contributed by atoms with Crippen molar-refractivity contribution in [3.8, 4) is 11.3 Å². The highest BCUT2D eigenvalue weighted by molar-refractivity contribution is 5.97. The summed E-state index contributed by atoms with van der Waals surface area (Å²) in [7, 11) is 0. The van der Waals surface area contributed by atoms with E-state index in [0.29, 0.717) is 6.42 Å². The summed E-state index contributed by atoms with van der Waals surface area (Å²) in [6, 6.07) is 21.4.